The Labute approximate surface area is 225 Å². The third-order valence-corrected chi connectivity index (χ3v) is 10.1. The molecule has 0 aromatic heterocycles. The molecule has 203 valence electrons. The topological polar surface area (TPSA) is 12.0 Å². The molecule has 1 aromatic carbocycles. The minimum absolute atomic E-state index is 0.492. The quantitative estimate of drug-likeness (QED) is 0.258. The van der Waals surface area contributed by atoms with Crippen molar-refractivity contribution in [3.63, 3.8) is 0 Å². The van der Waals surface area contributed by atoms with Gasteiger partial charge in [-0.25, -0.2) is 0 Å². The number of aryl methyl sites for hydroxylation is 2. The molecule has 3 fully saturated rings. The summed E-state index contributed by atoms with van der Waals surface area (Å²) in [7, 11) is 0. The van der Waals surface area contributed by atoms with Crippen LogP contribution in [0, 0.1) is 61.8 Å². The van der Waals surface area contributed by atoms with Crippen LogP contribution in [0.5, 0.6) is 0 Å². The molecule has 0 bridgehead atoms. The molecule has 3 aliphatic rings. The van der Waals surface area contributed by atoms with Gasteiger partial charge in [-0.05, 0) is 123 Å². The number of benzene rings is 1. The van der Waals surface area contributed by atoms with Crippen molar-refractivity contribution >= 4 is 5.69 Å². The average Bonchev–Trinajstić information content (AvgIpc) is 2.88. The highest BCUT2D eigenvalue weighted by Crippen LogP contribution is 2.42. The molecule has 3 heteroatoms. The number of halogens is 2. The van der Waals surface area contributed by atoms with Crippen molar-refractivity contribution in [2.75, 3.05) is 5.32 Å². The van der Waals surface area contributed by atoms with Gasteiger partial charge in [0, 0.05) is 12.5 Å². The fraction of sp³-hybridized carbons (Fsp3) is 0.706. The van der Waals surface area contributed by atoms with E-state index in [-0.39, 0.29) is 0 Å². The Morgan fingerprint density at radius 1 is 0.757 bits per heavy atom. The first-order valence-electron chi connectivity index (χ1n) is 15.2. The Hall–Kier alpha value is -1.82. The van der Waals surface area contributed by atoms with Crippen molar-refractivity contribution < 1.29 is 8.78 Å². The smallest absolute Gasteiger partial charge is 0.266 e. The van der Waals surface area contributed by atoms with Gasteiger partial charge in [0.1, 0.15) is 0 Å². The minimum atomic E-state index is -1.50. The minimum Gasteiger partial charge on any atom is -0.314 e. The van der Waals surface area contributed by atoms with E-state index in [1.807, 2.05) is 0 Å². The van der Waals surface area contributed by atoms with Gasteiger partial charge in [-0.3, -0.25) is 0 Å². The largest absolute Gasteiger partial charge is 0.314 e. The molecule has 0 heterocycles. The Morgan fingerprint density at radius 3 is 1.57 bits per heavy atom. The van der Waals surface area contributed by atoms with Gasteiger partial charge in [-0.1, -0.05) is 63.5 Å². The maximum absolute atomic E-state index is 12.4. The summed E-state index contributed by atoms with van der Waals surface area (Å²) in [4.78, 5) is 0. The van der Waals surface area contributed by atoms with E-state index in [4.69, 9.17) is 6.42 Å². The molecule has 0 saturated heterocycles. The van der Waals surface area contributed by atoms with Crippen LogP contribution in [0.15, 0.2) is 24.3 Å². The summed E-state index contributed by atoms with van der Waals surface area (Å²) in [5.74, 6) is 4.97. The second-order valence-corrected chi connectivity index (χ2v) is 12.9. The number of hydrogen-bond acceptors (Lipinski definition) is 1. The van der Waals surface area contributed by atoms with Gasteiger partial charge in [-0.2, -0.15) is 8.78 Å². The molecule has 1 radical (unpaired) electrons. The highest BCUT2D eigenvalue weighted by Gasteiger charge is 2.29. The van der Waals surface area contributed by atoms with Crippen LogP contribution in [0.25, 0.3) is 0 Å². The molecular formula is C34H48F2N. The van der Waals surface area contributed by atoms with Gasteiger partial charge in [0.15, 0.2) is 0 Å². The second kappa shape index (κ2) is 13.8. The lowest BCUT2D eigenvalue weighted by atomic mass is 9.70. The van der Waals surface area contributed by atoms with Crippen molar-refractivity contribution in [1.82, 2.24) is 0 Å². The van der Waals surface area contributed by atoms with Gasteiger partial charge in [0.25, 0.3) is 6.08 Å². The Kier molecular flexibility index (Phi) is 10.5. The summed E-state index contributed by atoms with van der Waals surface area (Å²) in [6.45, 7) is 4.26. The molecule has 4 rings (SSSR count). The van der Waals surface area contributed by atoms with Crippen LogP contribution >= 0.6 is 0 Å². The lowest BCUT2D eigenvalue weighted by molar-refractivity contribution is 0.164. The fourth-order valence-electron chi connectivity index (χ4n) is 8.04. The Bertz CT molecular complexity index is 893. The summed E-state index contributed by atoms with van der Waals surface area (Å²) >= 11 is 0. The lowest BCUT2D eigenvalue weighted by Gasteiger charge is -2.36. The van der Waals surface area contributed by atoms with Crippen LogP contribution in [-0.2, 0) is 6.42 Å². The number of nitrogens with one attached hydrogen (secondary N) is 1. The first kappa shape index (κ1) is 28.2. The van der Waals surface area contributed by atoms with Crippen LogP contribution < -0.4 is 5.32 Å². The molecule has 3 saturated carbocycles. The third kappa shape index (κ3) is 8.59. The summed E-state index contributed by atoms with van der Waals surface area (Å²) in [6, 6.07) is 6.91. The molecule has 0 aliphatic heterocycles. The molecule has 0 atom stereocenters. The fourth-order valence-corrected chi connectivity index (χ4v) is 8.04. The highest BCUT2D eigenvalue weighted by molar-refractivity contribution is 5.60. The van der Waals surface area contributed by atoms with Gasteiger partial charge in [0.05, 0.1) is 5.69 Å². The molecule has 3 aliphatic carbocycles. The first-order chi connectivity index (χ1) is 17.9. The molecule has 0 spiro atoms. The normalized spacial score (nSPS) is 30.4. The van der Waals surface area contributed by atoms with E-state index in [2.05, 4.69) is 37.3 Å². The van der Waals surface area contributed by atoms with E-state index >= 15 is 0 Å². The average molecular weight is 509 g/mol. The number of anilines is 1. The zero-order valence-electron chi connectivity index (χ0n) is 23.3. The molecule has 1 nitrogen and oxygen atoms in total. The predicted molar refractivity (Wildman–Crippen MR) is 151 cm³/mol. The van der Waals surface area contributed by atoms with Gasteiger partial charge >= 0.3 is 0 Å². The molecular weight excluding hydrogens is 460 g/mol. The standard InChI is InChI=1S/C34H48F2N/c1-4-37-34-24(2)19-32(20-25(34)3)23-31-15-13-30(14-16-31)22-29-11-9-28(10-12-29)21-27-7-5-26(6-8-27)17-18-33(35)36/h18-20,26-31,37H,5-17,21-23H2,2-3H3. The lowest BCUT2D eigenvalue weighted by Crippen LogP contribution is -2.23. The van der Waals surface area contributed by atoms with Crippen molar-refractivity contribution in [2.24, 2.45) is 35.5 Å². The van der Waals surface area contributed by atoms with Crippen molar-refractivity contribution in [3.8, 4) is 6.04 Å². The molecule has 37 heavy (non-hydrogen) atoms. The Balaban J connectivity index is 1.11. The van der Waals surface area contributed by atoms with E-state index in [0.717, 1.165) is 54.2 Å². The third-order valence-electron chi connectivity index (χ3n) is 10.1. The van der Waals surface area contributed by atoms with Crippen LogP contribution in [0.2, 0.25) is 0 Å². The molecule has 0 unspecified atom stereocenters. The molecule has 1 aromatic rings. The highest BCUT2D eigenvalue weighted by atomic mass is 19.3. The maximum Gasteiger partial charge on any atom is 0.266 e. The number of hydrogen-bond donors (Lipinski definition) is 1. The predicted octanol–water partition coefficient (Wildman–Crippen LogP) is 10.2. The molecule has 1 N–H and O–H groups in total. The van der Waals surface area contributed by atoms with Gasteiger partial charge < -0.3 is 5.32 Å². The van der Waals surface area contributed by atoms with Crippen LogP contribution in [0.1, 0.15) is 113 Å². The summed E-state index contributed by atoms with van der Waals surface area (Å²) in [6.07, 6.45) is 27.6. The monoisotopic (exact) mass is 508 g/mol. The summed E-state index contributed by atoms with van der Waals surface area (Å²) in [5, 5.41) is 2.95. The zero-order chi connectivity index (χ0) is 26.2. The van der Waals surface area contributed by atoms with Crippen LogP contribution in [0.4, 0.5) is 14.5 Å². The van der Waals surface area contributed by atoms with Gasteiger partial charge in [0.2, 0.25) is 0 Å². The molecule has 0 amide bonds. The zero-order valence-corrected chi connectivity index (χ0v) is 23.3. The number of allylic oxidation sites excluding steroid dienone is 1. The van der Waals surface area contributed by atoms with Crippen LogP contribution in [0.3, 0.4) is 0 Å². The van der Waals surface area contributed by atoms with E-state index in [1.54, 1.807) is 0 Å². The van der Waals surface area contributed by atoms with Crippen molar-refractivity contribution in [2.45, 2.75) is 117 Å². The van der Waals surface area contributed by atoms with E-state index in [1.165, 1.54) is 100 Å². The van der Waals surface area contributed by atoms with E-state index in [9.17, 15) is 8.78 Å². The van der Waals surface area contributed by atoms with Crippen molar-refractivity contribution in [3.05, 3.63) is 47.4 Å². The van der Waals surface area contributed by atoms with Crippen LogP contribution in [-0.4, -0.2) is 0 Å². The summed E-state index contributed by atoms with van der Waals surface area (Å²) < 4.78 is 24.7. The SMILES string of the molecule is [C]#CNc1c(C)cc(CC2CCC(CC3CCC(CC4CCC(CC=C(F)F)CC4)CC3)CC2)cc1C. The number of rotatable bonds is 9. The van der Waals surface area contributed by atoms with Crippen molar-refractivity contribution in [1.29, 1.82) is 0 Å². The van der Waals surface area contributed by atoms with E-state index in [0.29, 0.717) is 12.3 Å². The first-order valence-corrected chi connectivity index (χ1v) is 15.2. The Morgan fingerprint density at radius 2 is 1.16 bits per heavy atom. The second-order valence-electron chi connectivity index (χ2n) is 12.9. The van der Waals surface area contributed by atoms with E-state index < -0.39 is 6.08 Å². The maximum atomic E-state index is 12.4. The van der Waals surface area contributed by atoms with Gasteiger partial charge in [-0.15, -0.1) is 0 Å². The summed E-state index contributed by atoms with van der Waals surface area (Å²) in [5.41, 5.74) is 4.92.